The van der Waals surface area contributed by atoms with E-state index in [1.165, 1.54) is 28.1 Å². The number of hydrazone groups is 1. The highest BCUT2D eigenvalue weighted by molar-refractivity contribution is 7.99. The largest absolute Gasteiger partial charge is 0.467 e. The van der Waals surface area contributed by atoms with Crippen LogP contribution in [0.2, 0.25) is 5.02 Å². The fourth-order valence-corrected chi connectivity index (χ4v) is 4.60. The van der Waals surface area contributed by atoms with Crippen molar-refractivity contribution in [3.63, 3.8) is 0 Å². The van der Waals surface area contributed by atoms with Gasteiger partial charge < -0.3 is 8.83 Å². The number of thioether (sulfide) groups is 1. The molecule has 0 saturated heterocycles. The molecule has 156 valence electrons. The van der Waals surface area contributed by atoms with Gasteiger partial charge >= 0.3 is 0 Å². The lowest BCUT2D eigenvalue weighted by atomic mass is 10.0. The molecule has 7 nitrogen and oxygen atoms in total. The number of carbonyl (C=O) groups is 1. The van der Waals surface area contributed by atoms with Crippen molar-refractivity contribution in [3.8, 4) is 10.8 Å². The molecule has 0 fully saturated rings. The summed E-state index contributed by atoms with van der Waals surface area (Å²) in [6.07, 6.45) is 2.15. The average molecular weight is 471 g/mol. The van der Waals surface area contributed by atoms with Crippen LogP contribution in [-0.2, 0) is 4.79 Å². The fourth-order valence-electron chi connectivity index (χ4n) is 3.22. The molecule has 1 amide bonds. The van der Waals surface area contributed by atoms with E-state index in [1.54, 1.807) is 12.3 Å². The second-order valence-corrected chi connectivity index (χ2v) is 8.98. The quantitative estimate of drug-likeness (QED) is 0.345. The van der Waals surface area contributed by atoms with Crippen molar-refractivity contribution in [2.75, 3.05) is 5.75 Å². The Morgan fingerprint density at radius 1 is 1.19 bits per heavy atom. The van der Waals surface area contributed by atoms with Gasteiger partial charge in [0.05, 0.1) is 22.6 Å². The summed E-state index contributed by atoms with van der Waals surface area (Å²) in [5.74, 6) is 1.07. The summed E-state index contributed by atoms with van der Waals surface area (Å²) >= 11 is 8.70. The van der Waals surface area contributed by atoms with E-state index in [2.05, 4.69) is 15.3 Å². The SMILES string of the molecule is O=C(CSc1nnc(-c2cccs2)o1)N1N=C(c2ccc(Cl)cc2)C[C@@H]1c1ccco1. The van der Waals surface area contributed by atoms with Crippen molar-refractivity contribution in [2.24, 2.45) is 5.10 Å². The number of amides is 1. The van der Waals surface area contributed by atoms with Crippen LogP contribution in [0.15, 0.2) is 79.3 Å². The third-order valence-electron chi connectivity index (χ3n) is 4.67. The first-order valence-electron chi connectivity index (χ1n) is 9.36. The predicted octanol–water partition coefficient (Wildman–Crippen LogP) is 5.51. The maximum Gasteiger partial charge on any atom is 0.277 e. The average Bonchev–Trinajstić information content (AvgIpc) is 3.58. The third-order valence-corrected chi connectivity index (χ3v) is 6.59. The van der Waals surface area contributed by atoms with E-state index in [9.17, 15) is 4.79 Å². The minimum atomic E-state index is -0.307. The number of rotatable bonds is 6. The van der Waals surface area contributed by atoms with E-state index in [4.69, 9.17) is 20.4 Å². The standard InChI is InChI=1S/C21H15ClN4O3S2/c22-14-7-5-13(6-8-14)15-11-16(17-3-1-9-28-17)26(25-15)19(27)12-31-21-24-23-20(29-21)18-4-2-10-30-18/h1-10,16H,11-12H2/t16-/m1/s1. The maximum absolute atomic E-state index is 13.0. The van der Waals surface area contributed by atoms with E-state index in [0.717, 1.165) is 16.2 Å². The smallest absolute Gasteiger partial charge is 0.277 e. The Balaban J connectivity index is 1.33. The van der Waals surface area contributed by atoms with Gasteiger partial charge in [-0.05, 0) is 41.3 Å². The Bertz CT molecular complexity index is 1200. The molecular formula is C21H15ClN4O3S2. The van der Waals surface area contributed by atoms with Gasteiger partial charge in [0.2, 0.25) is 0 Å². The number of hydrogen-bond donors (Lipinski definition) is 0. The number of furan rings is 1. The first-order valence-corrected chi connectivity index (χ1v) is 11.6. The molecule has 1 aliphatic rings. The van der Waals surface area contributed by atoms with Crippen LogP contribution in [0.3, 0.4) is 0 Å². The first kappa shape index (κ1) is 20.0. The number of halogens is 1. The van der Waals surface area contributed by atoms with E-state index in [0.29, 0.717) is 28.3 Å². The molecule has 0 unspecified atom stereocenters. The highest BCUT2D eigenvalue weighted by Gasteiger charge is 2.35. The van der Waals surface area contributed by atoms with Gasteiger partial charge in [-0.15, -0.1) is 21.5 Å². The predicted molar refractivity (Wildman–Crippen MR) is 119 cm³/mol. The minimum Gasteiger partial charge on any atom is -0.467 e. The monoisotopic (exact) mass is 470 g/mol. The summed E-state index contributed by atoms with van der Waals surface area (Å²) in [6, 6.07) is 14.6. The second-order valence-electron chi connectivity index (χ2n) is 6.67. The van der Waals surface area contributed by atoms with Crippen LogP contribution in [0.25, 0.3) is 10.8 Å². The normalized spacial score (nSPS) is 16.0. The number of aromatic nitrogens is 2. The minimum absolute atomic E-state index is 0.112. The van der Waals surface area contributed by atoms with Crippen LogP contribution in [0.1, 0.15) is 23.8 Å². The number of carbonyl (C=O) groups excluding carboxylic acids is 1. The Kier molecular flexibility index (Phi) is 5.63. The molecule has 0 spiro atoms. The Hall–Kier alpha value is -2.88. The molecule has 4 aromatic rings. The number of hydrogen-bond acceptors (Lipinski definition) is 8. The van der Waals surface area contributed by atoms with Crippen LogP contribution in [0, 0.1) is 0 Å². The highest BCUT2D eigenvalue weighted by atomic mass is 35.5. The third kappa shape index (κ3) is 4.30. The first-order chi connectivity index (χ1) is 15.2. The molecular weight excluding hydrogens is 456 g/mol. The van der Waals surface area contributed by atoms with Crippen molar-refractivity contribution in [1.29, 1.82) is 0 Å². The summed E-state index contributed by atoms with van der Waals surface area (Å²) < 4.78 is 11.2. The van der Waals surface area contributed by atoms with Crippen molar-refractivity contribution in [1.82, 2.24) is 15.2 Å². The lowest BCUT2D eigenvalue weighted by molar-refractivity contribution is -0.130. The summed E-state index contributed by atoms with van der Waals surface area (Å²) in [5, 5.41) is 17.1. The van der Waals surface area contributed by atoms with Gasteiger partial charge in [0.1, 0.15) is 11.8 Å². The van der Waals surface area contributed by atoms with Crippen molar-refractivity contribution in [2.45, 2.75) is 17.7 Å². The fraction of sp³-hybridized carbons (Fsp3) is 0.143. The van der Waals surface area contributed by atoms with Crippen molar-refractivity contribution in [3.05, 3.63) is 76.5 Å². The molecule has 4 heterocycles. The molecule has 0 N–H and O–H groups in total. The van der Waals surface area contributed by atoms with Gasteiger partial charge in [-0.2, -0.15) is 5.10 Å². The second kappa shape index (κ2) is 8.70. The Morgan fingerprint density at radius 2 is 2.06 bits per heavy atom. The topological polar surface area (TPSA) is 84.7 Å². The highest BCUT2D eigenvalue weighted by Crippen LogP contribution is 2.34. The zero-order valence-corrected chi connectivity index (χ0v) is 18.4. The molecule has 0 radical (unpaired) electrons. The number of thiophene rings is 1. The van der Waals surface area contributed by atoms with E-state index in [-0.39, 0.29) is 17.7 Å². The van der Waals surface area contributed by atoms with E-state index < -0.39 is 0 Å². The van der Waals surface area contributed by atoms with E-state index >= 15 is 0 Å². The van der Waals surface area contributed by atoms with Crippen LogP contribution in [0.4, 0.5) is 0 Å². The molecule has 1 aromatic carbocycles. The molecule has 0 aliphatic carbocycles. The van der Waals surface area contributed by atoms with Gasteiger partial charge in [0.15, 0.2) is 0 Å². The lowest BCUT2D eigenvalue weighted by Gasteiger charge is -2.19. The van der Waals surface area contributed by atoms with Gasteiger partial charge in [0.25, 0.3) is 17.0 Å². The van der Waals surface area contributed by atoms with Gasteiger partial charge in [-0.25, -0.2) is 5.01 Å². The molecule has 1 atom stereocenters. The van der Waals surface area contributed by atoms with Gasteiger partial charge in [0, 0.05) is 11.4 Å². The van der Waals surface area contributed by atoms with Crippen LogP contribution in [0.5, 0.6) is 0 Å². The van der Waals surface area contributed by atoms with Gasteiger partial charge in [-0.3, -0.25) is 4.79 Å². The van der Waals surface area contributed by atoms with Crippen molar-refractivity contribution >= 4 is 46.3 Å². The molecule has 0 saturated carbocycles. The summed E-state index contributed by atoms with van der Waals surface area (Å²) in [6.45, 7) is 0. The van der Waals surface area contributed by atoms with Crippen molar-refractivity contribution < 1.29 is 13.6 Å². The van der Waals surface area contributed by atoms with Crippen LogP contribution < -0.4 is 0 Å². The number of benzene rings is 1. The molecule has 5 rings (SSSR count). The molecule has 31 heavy (non-hydrogen) atoms. The van der Waals surface area contributed by atoms with E-state index in [1.807, 2.05) is 47.8 Å². The Morgan fingerprint density at radius 3 is 2.81 bits per heavy atom. The maximum atomic E-state index is 13.0. The van der Waals surface area contributed by atoms with Gasteiger partial charge in [-0.1, -0.05) is 41.6 Å². The molecule has 0 bridgehead atoms. The molecule has 10 heteroatoms. The summed E-state index contributed by atoms with van der Waals surface area (Å²) in [4.78, 5) is 13.9. The lowest BCUT2D eigenvalue weighted by Crippen LogP contribution is -2.28. The zero-order chi connectivity index (χ0) is 21.2. The van der Waals surface area contributed by atoms with Crippen LogP contribution in [-0.4, -0.2) is 32.6 Å². The van der Waals surface area contributed by atoms with Crippen LogP contribution >= 0.6 is 34.7 Å². The zero-order valence-electron chi connectivity index (χ0n) is 16.0. The molecule has 1 aliphatic heterocycles. The summed E-state index contributed by atoms with van der Waals surface area (Å²) in [5.41, 5.74) is 1.72. The summed E-state index contributed by atoms with van der Waals surface area (Å²) in [7, 11) is 0. The number of nitrogens with zero attached hydrogens (tertiary/aromatic N) is 4. The molecule has 3 aromatic heterocycles. The Labute approximate surface area is 190 Å².